The summed E-state index contributed by atoms with van der Waals surface area (Å²) in [5, 5.41) is 2.94. The molecule has 0 atom stereocenters. The molecule has 1 heterocycles. The van der Waals surface area contributed by atoms with Crippen molar-refractivity contribution >= 4 is 5.91 Å². The first-order chi connectivity index (χ1) is 9.20. The highest BCUT2D eigenvalue weighted by molar-refractivity contribution is 5.92. The summed E-state index contributed by atoms with van der Waals surface area (Å²) in [7, 11) is 0. The third-order valence-electron chi connectivity index (χ3n) is 3.74. The Morgan fingerprint density at radius 2 is 2.00 bits per heavy atom. The van der Waals surface area contributed by atoms with Crippen LogP contribution in [0, 0.1) is 5.82 Å². The number of carbonyl (C=O) groups excluding carboxylic acids is 1. The van der Waals surface area contributed by atoms with Gasteiger partial charge >= 0.3 is 0 Å². The van der Waals surface area contributed by atoms with Gasteiger partial charge in [0, 0.05) is 18.2 Å². The van der Waals surface area contributed by atoms with Crippen LogP contribution in [0.4, 0.5) is 4.39 Å². The van der Waals surface area contributed by atoms with Crippen molar-refractivity contribution in [3.8, 4) is 0 Å². The molecule has 1 fully saturated rings. The standard InChI is InChI=1S/C15H15FN2O/c16-12-5-3-11(4-6-12)15(7-8-15)10-18-14(19)13-2-1-9-17-13/h1-6,9,17H,7-8,10H2,(H,18,19). The second kappa shape index (κ2) is 4.53. The van der Waals surface area contributed by atoms with E-state index in [0.29, 0.717) is 12.2 Å². The van der Waals surface area contributed by atoms with E-state index >= 15 is 0 Å². The van der Waals surface area contributed by atoms with Gasteiger partial charge in [0.25, 0.3) is 5.91 Å². The Morgan fingerprint density at radius 1 is 1.26 bits per heavy atom. The highest BCUT2D eigenvalue weighted by atomic mass is 19.1. The molecule has 1 aromatic heterocycles. The zero-order chi connectivity index (χ0) is 13.3. The number of hydrogen-bond acceptors (Lipinski definition) is 1. The van der Waals surface area contributed by atoms with Crippen molar-refractivity contribution in [2.75, 3.05) is 6.54 Å². The maximum absolute atomic E-state index is 12.9. The van der Waals surface area contributed by atoms with E-state index in [0.717, 1.165) is 18.4 Å². The van der Waals surface area contributed by atoms with E-state index in [4.69, 9.17) is 0 Å². The minimum absolute atomic E-state index is 0.00402. The molecule has 19 heavy (non-hydrogen) atoms. The van der Waals surface area contributed by atoms with Gasteiger partial charge in [0.05, 0.1) is 0 Å². The van der Waals surface area contributed by atoms with Crippen LogP contribution in [-0.4, -0.2) is 17.4 Å². The molecule has 0 aliphatic heterocycles. The molecule has 1 aliphatic carbocycles. The number of hydrogen-bond donors (Lipinski definition) is 2. The third kappa shape index (κ3) is 2.38. The molecule has 3 rings (SSSR count). The molecular formula is C15H15FN2O. The molecule has 1 aromatic carbocycles. The van der Waals surface area contributed by atoms with Crippen molar-refractivity contribution < 1.29 is 9.18 Å². The number of amides is 1. The van der Waals surface area contributed by atoms with E-state index in [-0.39, 0.29) is 17.1 Å². The summed E-state index contributed by atoms with van der Waals surface area (Å²) < 4.78 is 12.9. The lowest BCUT2D eigenvalue weighted by Crippen LogP contribution is -2.32. The Kier molecular flexibility index (Phi) is 2.85. The minimum atomic E-state index is -0.227. The average molecular weight is 258 g/mol. The Hall–Kier alpha value is -2.10. The lowest BCUT2D eigenvalue weighted by Gasteiger charge is -2.16. The summed E-state index contributed by atoms with van der Waals surface area (Å²) in [6, 6.07) is 10.1. The van der Waals surface area contributed by atoms with Gasteiger partial charge in [-0.2, -0.15) is 0 Å². The van der Waals surface area contributed by atoms with Crippen LogP contribution in [0.2, 0.25) is 0 Å². The van der Waals surface area contributed by atoms with Crippen molar-refractivity contribution in [3.63, 3.8) is 0 Å². The fraction of sp³-hybridized carbons (Fsp3) is 0.267. The van der Waals surface area contributed by atoms with Crippen LogP contribution >= 0.6 is 0 Å². The smallest absolute Gasteiger partial charge is 0.267 e. The molecule has 2 N–H and O–H groups in total. The maximum Gasteiger partial charge on any atom is 0.267 e. The summed E-state index contributed by atoms with van der Waals surface area (Å²) in [4.78, 5) is 14.7. The molecule has 2 aromatic rings. The van der Waals surface area contributed by atoms with E-state index in [1.807, 2.05) is 12.1 Å². The molecule has 0 saturated heterocycles. The van der Waals surface area contributed by atoms with Crippen LogP contribution in [0.25, 0.3) is 0 Å². The molecule has 1 saturated carbocycles. The SMILES string of the molecule is O=C(NCC1(c2ccc(F)cc2)CC1)c1ccc[nH]1. The molecule has 0 unspecified atom stereocenters. The van der Waals surface area contributed by atoms with Crippen molar-refractivity contribution in [1.29, 1.82) is 0 Å². The average Bonchev–Trinajstić information content (AvgIpc) is 3.01. The first-order valence-electron chi connectivity index (χ1n) is 6.37. The zero-order valence-corrected chi connectivity index (χ0v) is 10.4. The summed E-state index contributed by atoms with van der Waals surface area (Å²) in [5.74, 6) is -0.326. The van der Waals surface area contributed by atoms with Gasteiger partial charge in [-0.15, -0.1) is 0 Å². The van der Waals surface area contributed by atoms with E-state index in [2.05, 4.69) is 10.3 Å². The summed E-state index contributed by atoms with van der Waals surface area (Å²) in [6.45, 7) is 0.594. The predicted molar refractivity (Wildman–Crippen MR) is 70.4 cm³/mol. The van der Waals surface area contributed by atoms with Crippen LogP contribution in [0.5, 0.6) is 0 Å². The number of aromatic nitrogens is 1. The largest absolute Gasteiger partial charge is 0.357 e. The number of rotatable bonds is 4. The molecule has 98 valence electrons. The van der Waals surface area contributed by atoms with Crippen LogP contribution in [0.1, 0.15) is 28.9 Å². The van der Waals surface area contributed by atoms with Gasteiger partial charge in [-0.3, -0.25) is 4.79 Å². The van der Waals surface area contributed by atoms with Crippen molar-refractivity contribution in [2.24, 2.45) is 0 Å². The van der Waals surface area contributed by atoms with Gasteiger partial charge in [-0.05, 0) is 42.7 Å². The van der Waals surface area contributed by atoms with Crippen molar-refractivity contribution in [1.82, 2.24) is 10.3 Å². The third-order valence-corrected chi connectivity index (χ3v) is 3.74. The second-order valence-corrected chi connectivity index (χ2v) is 5.05. The van der Waals surface area contributed by atoms with Gasteiger partial charge in [-0.1, -0.05) is 12.1 Å². The fourth-order valence-corrected chi connectivity index (χ4v) is 2.34. The van der Waals surface area contributed by atoms with Gasteiger partial charge < -0.3 is 10.3 Å². The van der Waals surface area contributed by atoms with Crippen molar-refractivity contribution in [2.45, 2.75) is 18.3 Å². The summed E-state index contributed by atoms with van der Waals surface area (Å²) >= 11 is 0. The normalized spacial score (nSPS) is 16.1. The van der Waals surface area contributed by atoms with Gasteiger partial charge in [-0.25, -0.2) is 4.39 Å². The number of aromatic amines is 1. The van der Waals surface area contributed by atoms with Crippen LogP contribution < -0.4 is 5.32 Å². The van der Waals surface area contributed by atoms with E-state index < -0.39 is 0 Å². The molecular weight excluding hydrogens is 243 g/mol. The van der Waals surface area contributed by atoms with Gasteiger partial charge in [0.2, 0.25) is 0 Å². The van der Waals surface area contributed by atoms with Crippen LogP contribution in [0.3, 0.4) is 0 Å². The van der Waals surface area contributed by atoms with Crippen LogP contribution in [0.15, 0.2) is 42.6 Å². The molecule has 4 heteroatoms. The topological polar surface area (TPSA) is 44.9 Å². The highest BCUT2D eigenvalue weighted by Gasteiger charge is 2.44. The van der Waals surface area contributed by atoms with Gasteiger partial charge in [0.1, 0.15) is 11.5 Å². The molecule has 1 amide bonds. The Morgan fingerprint density at radius 3 is 2.58 bits per heavy atom. The molecule has 1 aliphatic rings. The first-order valence-corrected chi connectivity index (χ1v) is 6.37. The molecule has 3 nitrogen and oxygen atoms in total. The first kappa shape index (κ1) is 12.0. The number of nitrogens with one attached hydrogen (secondary N) is 2. The number of halogens is 1. The Balaban J connectivity index is 1.66. The Bertz CT molecular complexity index is 571. The summed E-state index contributed by atoms with van der Waals surface area (Å²) in [5.41, 5.74) is 1.66. The van der Waals surface area contributed by atoms with E-state index in [9.17, 15) is 9.18 Å². The Labute approximate surface area is 110 Å². The number of H-pyrrole nitrogens is 1. The quantitative estimate of drug-likeness (QED) is 0.870. The van der Waals surface area contributed by atoms with Crippen LogP contribution in [-0.2, 0) is 5.41 Å². The van der Waals surface area contributed by atoms with E-state index in [1.165, 1.54) is 12.1 Å². The minimum Gasteiger partial charge on any atom is -0.357 e. The lowest BCUT2D eigenvalue weighted by atomic mass is 9.96. The summed E-state index contributed by atoms with van der Waals surface area (Å²) in [6.07, 6.45) is 3.79. The second-order valence-electron chi connectivity index (χ2n) is 5.05. The number of benzene rings is 1. The lowest BCUT2D eigenvalue weighted by molar-refractivity contribution is 0.0945. The molecule has 0 spiro atoms. The fourth-order valence-electron chi connectivity index (χ4n) is 2.34. The predicted octanol–water partition coefficient (Wildman–Crippen LogP) is 2.62. The zero-order valence-electron chi connectivity index (χ0n) is 10.4. The van der Waals surface area contributed by atoms with Crippen molar-refractivity contribution in [3.05, 3.63) is 59.7 Å². The molecule has 0 radical (unpaired) electrons. The monoisotopic (exact) mass is 258 g/mol. The number of carbonyl (C=O) groups is 1. The van der Waals surface area contributed by atoms with E-state index in [1.54, 1.807) is 18.3 Å². The molecule has 0 bridgehead atoms. The maximum atomic E-state index is 12.9. The highest BCUT2D eigenvalue weighted by Crippen LogP contribution is 2.47. The van der Waals surface area contributed by atoms with Gasteiger partial charge in [0.15, 0.2) is 0 Å².